The summed E-state index contributed by atoms with van der Waals surface area (Å²) >= 11 is 6.20. The Bertz CT molecular complexity index is 760. The number of hydrogen-bond donors (Lipinski definition) is 2. The maximum absolute atomic E-state index is 12.5. The Hall–Kier alpha value is -2.35. The normalized spacial score (nSPS) is 15.1. The van der Waals surface area contributed by atoms with Gasteiger partial charge in [0.2, 0.25) is 0 Å². The quantitative estimate of drug-likeness (QED) is 0.555. The van der Waals surface area contributed by atoms with Gasteiger partial charge < -0.3 is 15.4 Å². The van der Waals surface area contributed by atoms with Gasteiger partial charge in [-0.25, -0.2) is 14.8 Å². The number of nitrogens with zero attached hydrogens (tertiary/aromatic N) is 3. The van der Waals surface area contributed by atoms with Crippen LogP contribution in [0.2, 0.25) is 5.15 Å². The summed E-state index contributed by atoms with van der Waals surface area (Å²) in [6.07, 6.45) is 2.64. The van der Waals surface area contributed by atoms with Crippen molar-refractivity contribution in [2.45, 2.75) is 59.0 Å². The molecule has 1 fully saturated rings. The Balaban J connectivity index is 1.80. The number of piperidine rings is 1. The van der Waals surface area contributed by atoms with Gasteiger partial charge in [-0.05, 0) is 59.3 Å². The molecule has 0 saturated carbocycles. The lowest BCUT2D eigenvalue weighted by Crippen LogP contribution is -2.43. The van der Waals surface area contributed by atoms with Crippen LogP contribution in [0.3, 0.4) is 0 Å². The minimum atomic E-state index is -0.680. The van der Waals surface area contributed by atoms with Crippen LogP contribution in [0.15, 0.2) is 12.3 Å². The molecule has 2 amide bonds. The fourth-order valence-electron chi connectivity index (χ4n) is 3.26. The molecule has 0 aliphatic carbocycles. The van der Waals surface area contributed by atoms with Crippen molar-refractivity contribution in [2.24, 2.45) is 5.92 Å². The highest BCUT2D eigenvalue weighted by Gasteiger charge is 2.26. The predicted molar refractivity (Wildman–Crippen MR) is 112 cm³/mol. The summed E-state index contributed by atoms with van der Waals surface area (Å²) in [7, 11) is 0. The van der Waals surface area contributed by atoms with Crippen molar-refractivity contribution in [2.75, 3.05) is 18.8 Å². The molecule has 0 bridgehead atoms. The number of rotatable bonds is 5. The number of aryl methyl sites for hydroxylation is 1. The van der Waals surface area contributed by atoms with Crippen molar-refractivity contribution in [3.05, 3.63) is 28.8 Å². The maximum Gasteiger partial charge on any atom is 0.412 e. The number of carbonyl (C=O) groups is 2. The van der Waals surface area contributed by atoms with Gasteiger partial charge in [-0.15, -0.1) is 0 Å². The molecule has 8 nitrogen and oxygen atoms in total. The number of alkyl carbamates (subject to hydrolysis) is 1. The lowest BCUT2D eigenvalue weighted by molar-refractivity contribution is -0.128. The van der Waals surface area contributed by atoms with Gasteiger partial charge in [-0.3, -0.25) is 10.1 Å². The molecule has 0 unspecified atom stereocenters. The average Bonchev–Trinajstić information content (AvgIpc) is 2.59. The Morgan fingerprint density at radius 2 is 1.93 bits per heavy atom. The molecular weight excluding hydrogens is 394 g/mol. The van der Waals surface area contributed by atoms with E-state index in [9.17, 15) is 9.59 Å². The standard InChI is InChI=1S/C20H30ClN5O3/c1-12(23-19(28)29-20(3,4)5)18(27)26-10-8-14(9-11-26)6-7-15-16(21)24-13(2)25-17(15)22/h14H,1,6-11H2,2-5H3,(H,23,28)(H2,22,24,25). The highest BCUT2D eigenvalue weighted by atomic mass is 35.5. The lowest BCUT2D eigenvalue weighted by Gasteiger charge is -2.32. The van der Waals surface area contributed by atoms with Crippen molar-refractivity contribution in [3.8, 4) is 0 Å². The van der Waals surface area contributed by atoms with Crippen LogP contribution in [0.5, 0.6) is 0 Å². The first-order chi connectivity index (χ1) is 13.5. The second-order valence-corrected chi connectivity index (χ2v) is 8.66. The van der Waals surface area contributed by atoms with Gasteiger partial charge in [0.05, 0.1) is 0 Å². The van der Waals surface area contributed by atoms with Crippen molar-refractivity contribution < 1.29 is 14.3 Å². The SMILES string of the molecule is C=C(NC(=O)OC(C)(C)C)C(=O)N1CCC(CCc2c(N)nc(C)nc2Cl)CC1. The number of nitrogens with two attached hydrogens (primary N) is 1. The van der Waals surface area contributed by atoms with E-state index in [0.29, 0.717) is 42.2 Å². The summed E-state index contributed by atoms with van der Waals surface area (Å²) in [5.74, 6) is 1.15. The molecule has 160 valence electrons. The van der Waals surface area contributed by atoms with Gasteiger partial charge in [0, 0.05) is 18.7 Å². The molecule has 0 atom stereocenters. The number of ether oxygens (including phenoxy) is 1. The Kier molecular flexibility index (Phi) is 7.46. The van der Waals surface area contributed by atoms with E-state index in [0.717, 1.165) is 24.8 Å². The third-order valence-corrected chi connectivity index (χ3v) is 5.03. The van der Waals surface area contributed by atoms with Crippen LogP contribution < -0.4 is 11.1 Å². The molecular formula is C20H30ClN5O3. The van der Waals surface area contributed by atoms with Gasteiger partial charge in [-0.1, -0.05) is 18.2 Å². The molecule has 1 aromatic rings. The van der Waals surface area contributed by atoms with Crippen LogP contribution in [-0.2, 0) is 16.0 Å². The fourth-order valence-corrected chi connectivity index (χ4v) is 3.57. The molecule has 0 aromatic carbocycles. The van der Waals surface area contributed by atoms with E-state index in [1.807, 2.05) is 0 Å². The van der Waals surface area contributed by atoms with E-state index in [1.54, 1.807) is 32.6 Å². The van der Waals surface area contributed by atoms with Gasteiger partial charge in [0.1, 0.15) is 28.1 Å². The van der Waals surface area contributed by atoms with E-state index < -0.39 is 11.7 Å². The van der Waals surface area contributed by atoms with E-state index >= 15 is 0 Å². The molecule has 2 heterocycles. The minimum absolute atomic E-state index is 0.0223. The first-order valence-corrected chi connectivity index (χ1v) is 10.1. The molecule has 2 rings (SSSR count). The predicted octanol–water partition coefficient (Wildman–Crippen LogP) is 3.23. The first-order valence-electron chi connectivity index (χ1n) is 9.73. The first kappa shape index (κ1) is 22.9. The van der Waals surface area contributed by atoms with Gasteiger partial charge in [0.25, 0.3) is 5.91 Å². The smallest absolute Gasteiger partial charge is 0.412 e. The van der Waals surface area contributed by atoms with Crippen LogP contribution in [0, 0.1) is 12.8 Å². The van der Waals surface area contributed by atoms with E-state index in [-0.39, 0.29) is 11.6 Å². The van der Waals surface area contributed by atoms with Crippen LogP contribution in [0.4, 0.5) is 10.6 Å². The van der Waals surface area contributed by atoms with Crippen LogP contribution >= 0.6 is 11.6 Å². The van der Waals surface area contributed by atoms with Crippen LogP contribution in [-0.4, -0.2) is 45.6 Å². The largest absolute Gasteiger partial charge is 0.444 e. The number of nitrogen functional groups attached to an aromatic ring is 1. The van der Waals surface area contributed by atoms with E-state index in [2.05, 4.69) is 21.9 Å². The van der Waals surface area contributed by atoms with Gasteiger partial charge in [0.15, 0.2) is 0 Å². The van der Waals surface area contributed by atoms with Gasteiger partial charge >= 0.3 is 6.09 Å². The third kappa shape index (κ3) is 6.88. The number of likely N-dealkylation sites (tertiary alicyclic amines) is 1. The molecule has 1 aliphatic rings. The van der Waals surface area contributed by atoms with Crippen LogP contribution in [0.25, 0.3) is 0 Å². The summed E-state index contributed by atoms with van der Waals surface area (Å²) in [6.45, 7) is 11.9. The van der Waals surface area contributed by atoms with Crippen molar-refractivity contribution in [3.63, 3.8) is 0 Å². The van der Waals surface area contributed by atoms with Gasteiger partial charge in [-0.2, -0.15) is 0 Å². The fraction of sp³-hybridized carbons (Fsp3) is 0.600. The number of nitrogens with one attached hydrogen (secondary N) is 1. The molecule has 0 radical (unpaired) electrons. The van der Waals surface area contributed by atoms with E-state index in [4.69, 9.17) is 22.1 Å². The second-order valence-electron chi connectivity index (χ2n) is 8.31. The Morgan fingerprint density at radius 3 is 2.48 bits per heavy atom. The third-order valence-electron chi connectivity index (χ3n) is 4.71. The summed E-state index contributed by atoms with van der Waals surface area (Å²) < 4.78 is 5.15. The summed E-state index contributed by atoms with van der Waals surface area (Å²) in [5, 5.41) is 2.83. The zero-order valence-electron chi connectivity index (χ0n) is 17.5. The highest BCUT2D eigenvalue weighted by molar-refractivity contribution is 6.30. The minimum Gasteiger partial charge on any atom is -0.444 e. The number of hydrogen-bond acceptors (Lipinski definition) is 6. The maximum atomic E-state index is 12.5. The molecule has 0 spiro atoms. The number of amides is 2. The Labute approximate surface area is 176 Å². The van der Waals surface area contributed by atoms with E-state index in [1.165, 1.54) is 0 Å². The van der Waals surface area contributed by atoms with Crippen molar-refractivity contribution in [1.82, 2.24) is 20.2 Å². The number of anilines is 1. The monoisotopic (exact) mass is 423 g/mol. The summed E-state index contributed by atoms with van der Waals surface area (Å²) in [4.78, 5) is 34.4. The highest BCUT2D eigenvalue weighted by Crippen LogP contribution is 2.27. The zero-order chi connectivity index (χ0) is 21.8. The molecule has 29 heavy (non-hydrogen) atoms. The second kappa shape index (κ2) is 9.43. The number of halogens is 1. The number of aromatic nitrogens is 2. The molecule has 9 heteroatoms. The summed E-state index contributed by atoms with van der Waals surface area (Å²) in [5.41, 5.74) is 6.13. The van der Waals surface area contributed by atoms with Crippen LogP contribution in [0.1, 0.15) is 51.4 Å². The molecule has 3 N–H and O–H groups in total. The van der Waals surface area contributed by atoms with Crippen molar-refractivity contribution in [1.29, 1.82) is 0 Å². The molecule has 1 aliphatic heterocycles. The van der Waals surface area contributed by atoms with Crippen molar-refractivity contribution >= 4 is 29.4 Å². The number of carbonyl (C=O) groups excluding carboxylic acids is 2. The molecule has 1 aromatic heterocycles. The lowest BCUT2D eigenvalue weighted by atomic mass is 9.90. The Morgan fingerprint density at radius 1 is 1.31 bits per heavy atom. The summed E-state index contributed by atoms with van der Waals surface area (Å²) in [6, 6.07) is 0. The molecule has 1 saturated heterocycles. The zero-order valence-corrected chi connectivity index (χ0v) is 18.3. The average molecular weight is 424 g/mol. The topological polar surface area (TPSA) is 110 Å².